The maximum atomic E-state index is 12.6. The van der Waals surface area contributed by atoms with Gasteiger partial charge in [-0.15, -0.1) is 0 Å². The Labute approximate surface area is 163 Å². The van der Waals surface area contributed by atoms with Gasteiger partial charge in [0, 0.05) is 18.7 Å². The van der Waals surface area contributed by atoms with E-state index in [1.807, 2.05) is 0 Å². The summed E-state index contributed by atoms with van der Waals surface area (Å²) in [7, 11) is -3.66. The lowest BCUT2D eigenvalue weighted by Crippen LogP contribution is -2.30. The Bertz CT molecular complexity index is 981. The molecule has 0 atom stereocenters. The molecular weight excluding hydrogens is 382 g/mol. The van der Waals surface area contributed by atoms with E-state index in [0.717, 1.165) is 0 Å². The number of amides is 1. The van der Waals surface area contributed by atoms with Gasteiger partial charge in [-0.05, 0) is 35.9 Å². The number of carboxylic acid groups (broad SMARTS) is 1. The van der Waals surface area contributed by atoms with Gasteiger partial charge >= 0.3 is 5.97 Å². The highest BCUT2D eigenvalue weighted by Crippen LogP contribution is 2.17. The Morgan fingerprint density at radius 3 is 2.29 bits per heavy atom. The average molecular weight is 403 g/mol. The predicted molar refractivity (Wildman–Crippen MR) is 105 cm³/mol. The van der Waals surface area contributed by atoms with Gasteiger partial charge in [-0.25, -0.2) is 18.6 Å². The lowest BCUT2D eigenvalue weighted by atomic mass is 10.1. The summed E-state index contributed by atoms with van der Waals surface area (Å²) in [4.78, 5) is 23.1. The molecule has 2 aromatic rings. The first kappa shape index (κ1) is 21.3. The number of carbonyl (C=O) groups is 2. The minimum Gasteiger partial charge on any atom is -0.478 e. The number of aromatic carboxylic acids is 1. The van der Waals surface area contributed by atoms with E-state index in [1.165, 1.54) is 46.9 Å². The minimum atomic E-state index is -3.66. The highest BCUT2D eigenvalue weighted by atomic mass is 32.2. The summed E-state index contributed by atoms with van der Waals surface area (Å²) in [5, 5.41) is 12.7. The lowest BCUT2D eigenvalue weighted by Gasteiger charge is -2.18. The van der Waals surface area contributed by atoms with Gasteiger partial charge in [0.05, 0.1) is 16.7 Å². The van der Waals surface area contributed by atoms with Gasteiger partial charge in [-0.3, -0.25) is 4.79 Å². The Morgan fingerprint density at radius 2 is 1.71 bits per heavy atom. The zero-order valence-corrected chi connectivity index (χ0v) is 16.3. The number of rotatable bonds is 8. The normalized spacial score (nSPS) is 11.7. The Balaban J connectivity index is 2.11. The van der Waals surface area contributed by atoms with Crippen LogP contribution in [-0.2, 0) is 10.0 Å². The number of nitrogens with zero attached hydrogens (tertiary/aromatic N) is 2. The van der Waals surface area contributed by atoms with Crippen LogP contribution in [0, 0.1) is 0 Å². The van der Waals surface area contributed by atoms with Gasteiger partial charge in [-0.2, -0.15) is 9.41 Å². The van der Waals surface area contributed by atoms with Crippen LogP contribution in [0.15, 0.2) is 58.5 Å². The van der Waals surface area contributed by atoms with Crippen molar-refractivity contribution in [1.82, 2.24) is 9.73 Å². The second-order valence-electron chi connectivity index (χ2n) is 5.74. The van der Waals surface area contributed by atoms with Crippen LogP contribution in [0.2, 0.25) is 0 Å². The summed E-state index contributed by atoms with van der Waals surface area (Å²) in [6, 6.07) is 11.7. The average Bonchev–Trinajstić information content (AvgIpc) is 2.69. The van der Waals surface area contributed by atoms with Gasteiger partial charge in [0.25, 0.3) is 5.91 Å². The van der Waals surface area contributed by atoms with Crippen molar-refractivity contribution in [2.24, 2.45) is 5.10 Å². The lowest BCUT2D eigenvalue weighted by molar-refractivity contribution is 0.0696. The van der Waals surface area contributed by atoms with Gasteiger partial charge in [0.15, 0.2) is 0 Å². The fourth-order valence-corrected chi connectivity index (χ4v) is 3.96. The summed E-state index contributed by atoms with van der Waals surface area (Å²) < 4.78 is 26.4. The third-order valence-electron chi connectivity index (χ3n) is 3.98. The van der Waals surface area contributed by atoms with Crippen molar-refractivity contribution in [2.75, 3.05) is 13.1 Å². The third-order valence-corrected chi connectivity index (χ3v) is 6.02. The molecule has 8 nitrogen and oxygen atoms in total. The number of nitrogens with one attached hydrogen (secondary N) is 1. The summed E-state index contributed by atoms with van der Waals surface area (Å²) in [6.07, 6.45) is 1.36. The number of hydrazone groups is 1. The molecule has 0 saturated heterocycles. The molecule has 1 amide bonds. The summed E-state index contributed by atoms with van der Waals surface area (Å²) >= 11 is 0. The fourth-order valence-electron chi connectivity index (χ4n) is 2.45. The first-order valence-electron chi connectivity index (χ1n) is 8.56. The van der Waals surface area contributed by atoms with Crippen LogP contribution >= 0.6 is 0 Å². The van der Waals surface area contributed by atoms with Crippen LogP contribution in [0.1, 0.15) is 40.1 Å². The molecule has 0 aliphatic carbocycles. The van der Waals surface area contributed by atoms with Crippen LogP contribution in [-0.4, -0.2) is 49.0 Å². The quantitative estimate of drug-likeness (QED) is 0.518. The molecular formula is C19H21N3O5S. The smallest absolute Gasteiger partial charge is 0.335 e. The first-order valence-corrected chi connectivity index (χ1v) is 10.0. The molecule has 2 N–H and O–H groups in total. The number of sulfonamides is 1. The van der Waals surface area contributed by atoms with E-state index in [2.05, 4.69) is 10.5 Å². The van der Waals surface area contributed by atoms with E-state index in [0.29, 0.717) is 18.7 Å². The molecule has 0 aliphatic heterocycles. The van der Waals surface area contributed by atoms with Gasteiger partial charge in [0.2, 0.25) is 10.0 Å². The Hall–Kier alpha value is -3.04. The fraction of sp³-hybridized carbons (Fsp3) is 0.211. The van der Waals surface area contributed by atoms with Crippen molar-refractivity contribution in [3.8, 4) is 0 Å². The molecule has 0 aliphatic rings. The summed E-state index contributed by atoms with van der Waals surface area (Å²) in [5.74, 6) is -1.59. The molecule has 0 spiro atoms. The number of hydrogen-bond donors (Lipinski definition) is 2. The van der Waals surface area contributed by atoms with Crippen LogP contribution in [0.3, 0.4) is 0 Å². The molecule has 0 bridgehead atoms. The monoisotopic (exact) mass is 403 g/mol. The number of hydrogen-bond acceptors (Lipinski definition) is 5. The second kappa shape index (κ2) is 9.25. The van der Waals surface area contributed by atoms with E-state index < -0.39 is 21.9 Å². The third kappa shape index (κ3) is 5.02. The molecule has 0 radical (unpaired) electrons. The van der Waals surface area contributed by atoms with E-state index in [-0.39, 0.29) is 16.0 Å². The minimum absolute atomic E-state index is 0.0390. The summed E-state index contributed by atoms with van der Waals surface area (Å²) in [6.45, 7) is 4.16. The van der Waals surface area contributed by atoms with E-state index in [1.54, 1.807) is 26.0 Å². The molecule has 0 saturated carbocycles. The van der Waals surface area contributed by atoms with Crippen molar-refractivity contribution in [3.63, 3.8) is 0 Å². The van der Waals surface area contributed by atoms with Crippen molar-refractivity contribution in [2.45, 2.75) is 18.7 Å². The van der Waals surface area contributed by atoms with Crippen molar-refractivity contribution >= 4 is 28.1 Å². The predicted octanol–water partition coefficient (Wildman–Crippen LogP) is 2.18. The molecule has 2 aromatic carbocycles. The molecule has 28 heavy (non-hydrogen) atoms. The molecule has 2 rings (SSSR count). The molecule has 0 aromatic heterocycles. The number of carbonyl (C=O) groups excluding carboxylic acids is 1. The van der Waals surface area contributed by atoms with Crippen LogP contribution in [0.5, 0.6) is 0 Å². The molecule has 148 valence electrons. The second-order valence-corrected chi connectivity index (χ2v) is 7.68. The van der Waals surface area contributed by atoms with Crippen LogP contribution in [0.4, 0.5) is 0 Å². The van der Waals surface area contributed by atoms with Crippen LogP contribution in [0.25, 0.3) is 0 Å². The topological polar surface area (TPSA) is 116 Å². The maximum Gasteiger partial charge on any atom is 0.335 e. The largest absolute Gasteiger partial charge is 0.478 e. The highest BCUT2D eigenvalue weighted by molar-refractivity contribution is 7.89. The van der Waals surface area contributed by atoms with Gasteiger partial charge in [-0.1, -0.05) is 32.0 Å². The van der Waals surface area contributed by atoms with E-state index >= 15 is 0 Å². The molecule has 0 fully saturated rings. The van der Waals surface area contributed by atoms with Gasteiger partial charge in [0.1, 0.15) is 0 Å². The van der Waals surface area contributed by atoms with Crippen LogP contribution < -0.4 is 5.43 Å². The standard InChI is InChI=1S/C19H21N3O5S/c1-3-22(4-2)28(26,27)17-7-5-6-16(12-17)18(23)21-20-13-14-8-10-15(11-9-14)19(24)25/h5-13H,3-4H2,1-2H3,(H,21,23)(H,24,25)/b20-13-. The Morgan fingerprint density at radius 1 is 1.07 bits per heavy atom. The van der Waals surface area contributed by atoms with E-state index in [9.17, 15) is 18.0 Å². The first-order chi connectivity index (χ1) is 13.3. The van der Waals surface area contributed by atoms with E-state index in [4.69, 9.17) is 5.11 Å². The SMILES string of the molecule is CCN(CC)S(=O)(=O)c1cccc(C(=O)N/N=C\c2ccc(C(=O)O)cc2)c1. The molecule has 9 heteroatoms. The maximum absolute atomic E-state index is 12.6. The zero-order chi connectivity index (χ0) is 20.7. The van der Waals surface area contributed by atoms with Crippen molar-refractivity contribution in [1.29, 1.82) is 0 Å². The number of benzene rings is 2. The number of carboxylic acids is 1. The van der Waals surface area contributed by atoms with Crippen molar-refractivity contribution < 1.29 is 23.1 Å². The highest BCUT2D eigenvalue weighted by Gasteiger charge is 2.22. The van der Waals surface area contributed by atoms with Crippen molar-refractivity contribution in [3.05, 3.63) is 65.2 Å². The molecule has 0 heterocycles. The summed E-state index contributed by atoms with van der Waals surface area (Å²) in [5.41, 5.74) is 3.23. The molecule has 0 unspecified atom stereocenters. The Kier molecular flexibility index (Phi) is 7.02. The van der Waals surface area contributed by atoms with Gasteiger partial charge < -0.3 is 5.11 Å². The zero-order valence-electron chi connectivity index (χ0n) is 15.5.